The van der Waals surface area contributed by atoms with E-state index in [2.05, 4.69) is 55.8 Å². The number of nitrogens with zero attached hydrogens (tertiary/aromatic N) is 6. The molecule has 0 unspecified atom stereocenters. The first kappa shape index (κ1) is 15.8. The topological polar surface area (TPSA) is 63.7 Å². The molecule has 0 saturated carbocycles. The van der Waals surface area contributed by atoms with E-state index in [0.717, 1.165) is 49.9 Å². The highest BCUT2D eigenvalue weighted by atomic mass is 15.4. The van der Waals surface area contributed by atoms with Crippen molar-refractivity contribution in [1.29, 1.82) is 0 Å². The minimum atomic E-state index is 0.695. The predicted octanol–water partition coefficient (Wildman–Crippen LogP) is 1.44. The van der Waals surface area contributed by atoms with Crippen LogP contribution < -0.4 is 14.8 Å². The lowest BCUT2D eigenvalue weighted by Gasteiger charge is -2.33. The van der Waals surface area contributed by atoms with Crippen LogP contribution in [0.1, 0.15) is 24.0 Å². The van der Waals surface area contributed by atoms with Gasteiger partial charge in [0.1, 0.15) is 24.7 Å². The molecule has 0 bridgehead atoms. The number of rotatable bonds is 3. The summed E-state index contributed by atoms with van der Waals surface area (Å²) in [5, 5.41) is 4.60. The molecule has 0 spiro atoms. The van der Waals surface area contributed by atoms with Crippen LogP contribution in [0.4, 0.5) is 11.6 Å². The van der Waals surface area contributed by atoms with Crippen LogP contribution >= 0.6 is 0 Å². The zero-order chi connectivity index (χ0) is 17.4. The zero-order valence-corrected chi connectivity index (χ0v) is 15.0. The lowest BCUT2D eigenvalue weighted by atomic mass is 10.1. The van der Waals surface area contributed by atoms with Crippen molar-refractivity contribution < 1.29 is 4.98 Å². The van der Waals surface area contributed by atoms with Crippen molar-refractivity contribution in [2.75, 3.05) is 36.0 Å². The molecule has 4 rings (SSSR count). The van der Waals surface area contributed by atoms with Crippen molar-refractivity contribution in [3.05, 3.63) is 41.5 Å². The van der Waals surface area contributed by atoms with Crippen molar-refractivity contribution in [1.82, 2.24) is 19.6 Å². The summed E-state index contributed by atoms with van der Waals surface area (Å²) in [6.07, 6.45) is 2.92. The van der Waals surface area contributed by atoms with Gasteiger partial charge in [-0.3, -0.25) is 4.90 Å². The monoisotopic (exact) mass is 338 g/mol. The number of nitrogens with one attached hydrogen (secondary N) is 1. The summed E-state index contributed by atoms with van der Waals surface area (Å²) in [6, 6.07) is 6.21. The van der Waals surface area contributed by atoms with Crippen molar-refractivity contribution in [3.8, 4) is 0 Å². The van der Waals surface area contributed by atoms with Gasteiger partial charge in [-0.05, 0) is 26.3 Å². The van der Waals surface area contributed by atoms with Gasteiger partial charge in [-0.15, -0.1) is 5.10 Å². The van der Waals surface area contributed by atoms with Gasteiger partial charge < -0.3 is 4.90 Å². The first-order chi connectivity index (χ1) is 12.2. The van der Waals surface area contributed by atoms with Crippen molar-refractivity contribution in [3.63, 3.8) is 0 Å². The third-order valence-electron chi connectivity index (χ3n) is 4.84. The van der Waals surface area contributed by atoms with Crippen LogP contribution in [0.15, 0.2) is 24.4 Å². The quantitative estimate of drug-likeness (QED) is 0.723. The molecule has 0 radical (unpaired) electrons. The Bertz CT molecular complexity index is 879. The van der Waals surface area contributed by atoms with E-state index in [1.54, 1.807) is 0 Å². The molecule has 0 amide bonds. The summed E-state index contributed by atoms with van der Waals surface area (Å²) in [5.74, 6) is 3.78. The number of anilines is 2. The second-order valence-corrected chi connectivity index (χ2v) is 6.45. The van der Waals surface area contributed by atoms with Crippen LogP contribution in [0.2, 0.25) is 0 Å². The lowest BCUT2D eigenvalue weighted by molar-refractivity contribution is -0.364. The Hall–Kier alpha value is -2.70. The second kappa shape index (κ2) is 6.31. The summed E-state index contributed by atoms with van der Waals surface area (Å²) < 4.78 is 1.92. The molecule has 1 aliphatic heterocycles. The maximum atomic E-state index is 4.63. The highest BCUT2D eigenvalue weighted by Gasteiger charge is 2.27. The third kappa shape index (κ3) is 2.79. The molecule has 1 saturated heterocycles. The number of hydrogen-bond donors (Lipinski definition) is 0. The standard InChI is InChI=1S/C18H23N7/c1-4-15-13(2)20-18-21-14(3)22-25(18)17(15)24-11-9-23(10-12-24)16-7-5-6-8-19-16/h5-8H,4,9-12H2,1-3H3/p+1. The maximum absolute atomic E-state index is 4.63. The van der Waals surface area contributed by atoms with Crippen molar-refractivity contribution in [2.24, 2.45) is 0 Å². The molecule has 1 aliphatic rings. The fourth-order valence-corrected chi connectivity index (χ4v) is 3.60. The Morgan fingerprint density at radius 1 is 1.04 bits per heavy atom. The van der Waals surface area contributed by atoms with Crippen LogP contribution in [0.3, 0.4) is 0 Å². The number of pyridine rings is 1. The molecule has 0 atom stereocenters. The fourth-order valence-electron chi connectivity index (χ4n) is 3.60. The molecular weight excluding hydrogens is 314 g/mol. The highest BCUT2D eigenvalue weighted by Crippen LogP contribution is 2.26. The Morgan fingerprint density at radius 3 is 2.48 bits per heavy atom. The van der Waals surface area contributed by atoms with Gasteiger partial charge in [-0.1, -0.05) is 13.0 Å². The van der Waals surface area contributed by atoms with E-state index in [9.17, 15) is 0 Å². The van der Waals surface area contributed by atoms with Crippen molar-refractivity contribution in [2.45, 2.75) is 27.2 Å². The van der Waals surface area contributed by atoms with Gasteiger partial charge in [0.2, 0.25) is 0 Å². The maximum Gasteiger partial charge on any atom is 0.274 e. The Balaban J connectivity index is 1.66. The molecule has 1 N–H and O–H groups in total. The Morgan fingerprint density at radius 2 is 1.80 bits per heavy atom. The number of hydrogen-bond acceptors (Lipinski definition) is 5. The van der Waals surface area contributed by atoms with E-state index >= 15 is 0 Å². The zero-order valence-electron chi connectivity index (χ0n) is 15.0. The van der Waals surface area contributed by atoms with E-state index < -0.39 is 0 Å². The number of H-pyrrole nitrogens is 1. The summed E-state index contributed by atoms with van der Waals surface area (Å²) >= 11 is 0. The molecule has 7 nitrogen and oxygen atoms in total. The Kier molecular flexibility index (Phi) is 3.99. The summed E-state index contributed by atoms with van der Waals surface area (Å²) in [4.78, 5) is 17.2. The Labute approximate surface area is 147 Å². The largest absolute Gasteiger partial charge is 0.348 e. The molecule has 1 fully saturated rings. The van der Waals surface area contributed by atoms with Gasteiger partial charge in [0.25, 0.3) is 11.6 Å². The van der Waals surface area contributed by atoms with Gasteiger partial charge in [0.15, 0.2) is 0 Å². The highest BCUT2D eigenvalue weighted by molar-refractivity contribution is 5.56. The van der Waals surface area contributed by atoms with Crippen LogP contribution in [0.5, 0.6) is 0 Å². The predicted molar refractivity (Wildman–Crippen MR) is 97.1 cm³/mol. The molecule has 130 valence electrons. The van der Waals surface area contributed by atoms with Crippen LogP contribution in [-0.4, -0.2) is 45.8 Å². The number of aromatic amines is 1. The van der Waals surface area contributed by atoms with E-state index in [1.165, 1.54) is 11.4 Å². The molecule has 3 aromatic heterocycles. The number of aromatic nitrogens is 5. The van der Waals surface area contributed by atoms with Gasteiger partial charge in [0.05, 0.1) is 19.3 Å². The van der Waals surface area contributed by atoms with Gasteiger partial charge in [0, 0.05) is 17.3 Å². The first-order valence-electron chi connectivity index (χ1n) is 8.87. The normalized spacial score (nSPS) is 15.2. The third-order valence-corrected chi connectivity index (χ3v) is 4.84. The molecular formula is C18H24N7+. The summed E-state index contributed by atoms with van der Waals surface area (Å²) in [6.45, 7) is 10.0. The van der Waals surface area contributed by atoms with Crippen LogP contribution in [0.25, 0.3) is 5.78 Å². The number of fused-ring (bicyclic) bond motifs is 1. The van der Waals surface area contributed by atoms with Crippen LogP contribution in [-0.2, 0) is 6.42 Å². The van der Waals surface area contributed by atoms with Gasteiger partial charge in [-0.25, -0.2) is 9.97 Å². The number of aryl methyl sites for hydroxylation is 2. The second-order valence-electron chi connectivity index (χ2n) is 6.45. The van der Waals surface area contributed by atoms with Crippen molar-refractivity contribution >= 4 is 17.4 Å². The summed E-state index contributed by atoms with van der Waals surface area (Å²) in [7, 11) is 0. The minimum absolute atomic E-state index is 0.695. The number of piperazine rings is 1. The van der Waals surface area contributed by atoms with E-state index in [-0.39, 0.29) is 0 Å². The van der Waals surface area contributed by atoms with Crippen LogP contribution in [0, 0.1) is 13.8 Å². The van der Waals surface area contributed by atoms with Gasteiger partial charge in [-0.2, -0.15) is 9.50 Å². The molecule has 3 aromatic rings. The molecule has 25 heavy (non-hydrogen) atoms. The van der Waals surface area contributed by atoms with Gasteiger partial charge >= 0.3 is 0 Å². The summed E-state index contributed by atoms with van der Waals surface area (Å²) in [5.41, 5.74) is 2.31. The molecule has 7 heteroatoms. The molecule has 0 aliphatic carbocycles. The average Bonchev–Trinajstić information content (AvgIpc) is 3.01. The lowest BCUT2D eigenvalue weighted by Crippen LogP contribution is -2.49. The first-order valence-corrected chi connectivity index (χ1v) is 8.87. The average molecular weight is 338 g/mol. The fraction of sp³-hybridized carbons (Fsp3) is 0.444. The SMILES string of the molecule is CCc1c(C)nc2nc(C)nn2c1N1CCN(c2cccc[nH+]2)CC1. The smallest absolute Gasteiger partial charge is 0.274 e. The van der Waals surface area contributed by atoms with E-state index in [1.807, 2.05) is 23.7 Å². The van der Waals surface area contributed by atoms with E-state index in [4.69, 9.17) is 0 Å². The minimum Gasteiger partial charge on any atom is -0.348 e. The molecule has 0 aromatic carbocycles. The molecule has 4 heterocycles. The van der Waals surface area contributed by atoms with E-state index in [0.29, 0.717) is 5.78 Å².